The maximum absolute atomic E-state index is 12.9. The van der Waals surface area contributed by atoms with E-state index in [0.29, 0.717) is 23.2 Å². The SMILES string of the molecule is CCN(CC(=O)Nc1nc(-c2ccc(Cl)cc2)cn1-c1ccc(C)c(C)c1)C(=O)NC(C)C. The van der Waals surface area contributed by atoms with Crippen molar-refractivity contribution in [1.29, 1.82) is 0 Å². The van der Waals surface area contributed by atoms with Crippen molar-refractivity contribution in [2.24, 2.45) is 0 Å². The van der Waals surface area contributed by atoms with E-state index in [1.165, 1.54) is 10.5 Å². The average Bonchev–Trinajstić information content (AvgIpc) is 3.17. The van der Waals surface area contributed by atoms with Crippen LogP contribution in [0.3, 0.4) is 0 Å². The van der Waals surface area contributed by atoms with Gasteiger partial charge < -0.3 is 10.2 Å². The van der Waals surface area contributed by atoms with E-state index in [0.717, 1.165) is 16.8 Å². The van der Waals surface area contributed by atoms with E-state index in [1.54, 1.807) is 12.1 Å². The number of halogens is 1. The van der Waals surface area contributed by atoms with E-state index >= 15 is 0 Å². The molecule has 0 saturated carbocycles. The summed E-state index contributed by atoms with van der Waals surface area (Å²) in [5.41, 5.74) is 4.77. The first-order chi connectivity index (χ1) is 15.7. The molecule has 0 aliphatic heterocycles. The molecular formula is C25H30ClN5O2. The van der Waals surface area contributed by atoms with Crippen molar-refractivity contribution in [3.05, 3.63) is 64.8 Å². The molecule has 0 radical (unpaired) electrons. The van der Waals surface area contributed by atoms with Gasteiger partial charge in [-0.15, -0.1) is 0 Å². The van der Waals surface area contributed by atoms with Gasteiger partial charge in [0.25, 0.3) is 0 Å². The number of imidazole rings is 1. The summed E-state index contributed by atoms with van der Waals surface area (Å²) in [5, 5.41) is 6.34. The highest BCUT2D eigenvalue weighted by Crippen LogP contribution is 2.26. The molecule has 33 heavy (non-hydrogen) atoms. The molecule has 3 rings (SSSR count). The molecule has 8 heteroatoms. The van der Waals surface area contributed by atoms with Crippen LogP contribution in [0.4, 0.5) is 10.7 Å². The van der Waals surface area contributed by atoms with Gasteiger partial charge >= 0.3 is 6.03 Å². The van der Waals surface area contributed by atoms with Gasteiger partial charge in [-0.1, -0.05) is 29.8 Å². The lowest BCUT2D eigenvalue weighted by molar-refractivity contribution is -0.116. The van der Waals surface area contributed by atoms with Crippen molar-refractivity contribution in [1.82, 2.24) is 19.8 Å². The van der Waals surface area contributed by atoms with Crippen LogP contribution >= 0.6 is 11.6 Å². The van der Waals surface area contributed by atoms with Crippen LogP contribution < -0.4 is 10.6 Å². The van der Waals surface area contributed by atoms with Crippen LogP contribution in [-0.2, 0) is 4.79 Å². The molecule has 1 heterocycles. The number of benzene rings is 2. The minimum absolute atomic E-state index is 0.0137. The molecular weight excluding hydrogens is 438 g/mol. The van der Waals surface area contributed by atoms with Gasteiger partial charge in [0.2, 0.25) is 11.9 Å². The minimum Gasteiger partial charge on any atom is -0.336 e. The fraction of sp³-hybridized carbons (Fsp3) is 0.320. The summed E-state index contributed by atoms with van der Waals surface area (Å²) in [6.45, 7) is 10.0. The Morgan fingerprint density at radius 3 is 2.39 bits per heavy atom. The zero-order chi connectivity index (χ0) is 24.1. The highest BCUT2D eigenvalue weighted by molar-refractivity contribution is 6.30. The summed E-state index contributed by atoms with van der Waals surface area (Å²) in [6.07, 6.45) is 1.88. The first kappa shape index (κ1) is 24.3. The molecule has 0 atom stereocenters. The topological polar surface area (TPSA) is 79.3 Å². The molecule has 2 aromatic carbocycles. The Balaban J connectivity index is 1.91. The van der Waals surface area contributed by atoms with Crippen molar-refractivity contribution < 1.29 is 9.59 Å². The Morgan fingerprint density at radius 2 is 1.79 bits per heavy atom. The van der Waals surface area contributed by atoms with Crippen molar-refractivity contribution in [3.63, 3.8) is 0 Å². The second-order valence-corrected chi connectivity index (χ2v) is 8.70. The van der Waals surface area contributed by atoms with E-state index in [1.807, 2.05) is 68.8 Å². The third kappa shape index (κ3) is 6.14. The van der Waals surface area contributed by atoms with Gasteiger partial charge in [0.1, 0.15) is 6.54 Å². The average molecular weight is 468 g/mol. The minimum atomic E-state index is -0.325. The fourth-order valence-corrected chi connectivity index (χ4v) is 3.43. The number of likely N-dealkylation sites (N-methyl/N-ethyl adjacent to an activating group) is 1. The normalized spacial score (nSPS) is 10.9. The zero-order valence-corrected chi connectivity index (χ0v) is 20.4. The lowest BCUT2D eigenvalue weighted by Gasteiger charge is -2.22. The highest BCUT2D eigenvalue weighted by atomic mass is 35.5. The lowest BCUT2D eigenvalue weighted by atomic mass is 10.1. The van der Waals surface area contributed by atoms with Crippen molar-refractivity contribution >= 4 is 29.5 Å². The van der Waals surface area contributed by atoms with Crippen LogP contribution in [0.15, 0.2) is 48.7 Å². The monoisotopic (exact) mass is 467 g/mol. The summed E-state index contributed by atoms with van der Waals surface area (Å²) in [5.74, 6) is 0.0580. The molecule has 0 bridgehead atoms. The third-order valence-electron chi connectivity index (χ3n) is 5.28. The number of urea groups is 1. The Hall–Kier alpha value is -3.32. The Labute approximate surface area is 199 Å². The third-order valence-corrected chi connectivity index (χ3v) is 5.53. The van der Waals surface area contributed by atoms with Crippen molar-refractivity contribution in [2.45, 2.75) is 40.7 Å². The predicted molar refractivity (Wildman–Crippen MR) is 133 cm³/mol. The molecule has 0 aliphatic rings. The number of aryl methyl sites for hydroxylation is 2. The molecule has 1 aromatic heterocycles. The van der Waals surface area contributed by atoms with Gasteiger partial charge in [0, 0.05) is 35.1 Å². The number of nitrogens with one attached hydrogen (secondary N) is 2. The van der Waals surface area contributed by atoms with Gasteiger partial charge in [0.05, 0.1) is 5.69 Å². The van der Waals surface area contributed by atoms with E-state index in [9.17, 15) is 9.59 Å². The first-order valence-electron chi connectivity index (χ1n) is 11.0. The molecule has 0 spiro atoms. The zero-order valence-electron chi connectivity index (χ0n) is 19.6. The van der Waals surface area contributed by atoms with E-state index < -0.39 is 0 Å². The molecule has 0 fully saturated rings. The number of carbonyl (C=O) groups excluding carboxylic acids is 2. The molecule has 0 aliphatic carbocycles. The van der Waals surface area contributed by atoms with Crippen LogP contribution in [0, 0.1) is 13.8 Å². The van der Waals surface area contributed by atoms with Gasteiger partial charge in [-0.2, -0.15) is 0 Å². The summed E-state index contributed by atoms with van der Waals surface area (Å²) < 4.78 is 1.85. The molecule has 2 N–H and O–H groups in total. The number of amides is 3. The van der Waals surface area contributed by atoms with Gasteiger partial charge in [-0.3, -0.25) is 14.7 Å². The van der Waals surface area contributed by atoms with Crippen molar-refractivity contribution in [3.8, 4) is 16.9 Å². The van der Waals surface area contributed by atoms with Crippen LogP contribution in [0.2, 0.25) is 5.02 Å². The Morgan fingerprint density at radius 1 is 1.09 bits per heavy atom. The smallest absolute Gasteiger partial charge is 0.318 e. The maximum Gasteiger partial charge on any atom is 0.318 e. The molecule has 3 amide bonds. The van der Waals surface area contributed by atoms with Crippen LogP contribution in [0.1, 0.15) is 31.9 Å². The van der Waals surface area contributed by atoms with Crippen LogP contribution in [-0.4, -0.2) is 45.5 Å². The number of hydrogen-bond acceptors (Lipinski definition) is 3. The number of rotatable bonds is 7. The number of carbonyl (C=O) groups is 2. The van der Waals surface area contributed by atoms with E-state index in [4.69, 9.17) is 11.6 Å². The molecule has 174 valence electrons. The second-order valence-electron chi connectivity index (χ2n) is 8.26. The van der Waals surface area contributed by atoms with Crippen LogP contribution in [0.5, 0.6) is 0 Å². The Bertz CT molecular complexity index is 1140. The number of hydrogen-bond donors (Lipinski definition) is 2. The fourth-order valence-electron chi connectivity index (χ4n) is 3.30. The number of nitrogens with zero attached hydrogens (tertiary/aromatic N) is 3. The summed E-state index contributed by atoms with van der Waals surface area (Å²) in [7, 11) is 0. The molecule has 3 aromatic rings. The summed E-state index contributed by atoms with van der Waals surface area (Å²) in [4.78, 5) is 31.3. The van der Waals surface area contributed by atoms with E-state index in [2.05, 4.69) is 22.5 Å². The standard InChI is InChI=1S/C25H30ClN5O2/c1-6-30(25(33)27-16(2)3)15-23(32)29-24-28-22(19-8-10-20(26)11-9-19)14-31(24)21-12-7-17(4)18(5)13-21/h7-14,16H,6,15H2,1-5H3,(H,27,33)(H,28,29,32). The van der Waals surface area contributed by atoms with Crippen molar-refractivity contribution in [2.75, 3.05) is 18.4 Å². The molecule has 7 nitrogen and oxygen atoms in total. The van der Waals surface area contributed by atoms with Gasteiger partial charge in [-0.05, 0) is 70.0 Å². The van der Waals surface area contributed by atoms with Crippen LogP contribution in [0.25, 0.3) is 16.9 Å². The molecule has 0 saturated heterocycles. The van der Waals surface area contributed by atoms with Gasteiger partial charge in [0.15, 0.2) is 0 Å². The number of aromatic nitrogens is 2. The summed E-state index contributed by atoms with van der Waals surface area (Å²) in [6, 6.07) is 13.2. The highest BCUT2D eigenvalue weighted by Gasteiger charge is 2.19. The maximum atomic E-state index is 12.9. The first-order valence-corrected chi connectivity index (χ1v) is 11.3. The van der Waals surface area contributed by atoms with E-state index in [-0.39, 0.29) is 24.5 Å². The largest absolute Gasteiger partial charge is 0.336 e. The molecule has 0 unspecified atom stereocenters. The predicted octanol–water partition coefficient (Wildman–Crippen LogP) is 5.19. The quantitative estimate of drug-likeness (QED) is 0.502. The Kier molecular flexibility index (Phi) is 7.76. The summed E-state index contributed by atoms with van der Waals surface area (Å²) >= 11 is 6.03. The lowest BCUT2D eigenvalue weighted by Crippen LogP contribution is -2.46. The second kappa shape index (κ2) is 10.5. The van der Waals surface area contributed by atoms with Gasteiger partial charge in [-0.25, -0.2) is 9.78 Å². The number of anilines is 1.